The molecule has 2 N–H and O–H groups in total. The van der Waals surface area contributed by atoms with Crippen molar-refractivity contribution in [3.63, 3.8) is 0 Å². The van der Waals surface area contributed by atoms with Crippen molar-refractivity contribution in [1.82, 2.24) is 9.62 Å². The van der Waals surface area contributed by atoms with Crippen LogP contribution in [0.3, 0.4) is 0 Å². The number of aliphatic hydroxyl groups is 1. The summed E-state index contributed by atoms with van der Waals surface area (Å²) in [6.07, 6.45) is 0. The van der Waals surface area contributed by atoms with Crippen LogP contribution in [-0.2, 0) is 16.6 Å². The summed E-state index contributed by atoms with van der Waals surface area (Å²) < 4.78 is 39.3. The van der Waals surface area contributed by atoms with E-state index in [9.17, 15) is 12.8 Å². The van der Waals surface area contributed by atoms with Crippen molar-refractivity contribution in [3.8, 4) is 0 Å². The van der Waals surface area contributed by atoms with E-state index >= 15 is 0 Å². The average Bonchev–Trinajstić information content (AvgIpc) is 2.28. The molecular formula is C11H17FN2O3S. The number of rotatable bonds is 6. The van der Waals surface area contributed by atoms with Crippen molar-refractivity contribution in [1.29, 1.82) is 0 Å². The van der Waals surface area contributed by atoms with Crippen molar-refractivity contribution in [2.75, 3.05) is 27.2 Å². The molecule has 1 aromatic rings. The minimum absolute atomic E-state index is 0.175. The Bertz CT molecular complexity index is 503. The first-order valence-electron chi connectivity index (χ1n) is 5.40. The van der Waals surface area contributed by atoms with Gasteiger partial charge < -0.3 is 10.0 Å². The fourth-order valence-corrected chi connectivity index (χ4v) is 2.65. The Morgan fingerprint density at radius 1 is 1.39 bits per heavy atom. The molecule has 102 valence electrons. The lowest BCUT2D eigenvalue weighted by Crippen LogP contribution is -2.32. The molecule has 1 rings (SSSR count). The molecule has 0 unspecified atom stereocenters. The van der Waals surface area contributed by atoms with Crippen molar-refractivity contribution in [2.24, 2.45) is 0 Å². The summed E-state index contributed by atoms with van der Waals surface area (Å²) in [5.41, 5.74) is 0.175. The van der Waals surface area contributed by atoms with Crippen LogP contribution >= 0.6 is 0 Å². The Morgan fingerprint density at radius 2 is 2.06 bits per heavy atom. The van der Waals surface area contributed by atoms with Gasteiger partial charge in [0.2, 0.25) is 10.0 Å². The van der Waals surface area contributed by atoms with Crippen LogP contribution in [0.5, 0.6) is 0 Å². The maximum atomic E-state index is 13.1. The molecule has 0 spiro atoms. The fourth-order valence-electron chi connectivity index (χ4n) is 1.39. The first-order valence-corrected chi connectivity index (χ1v) is 6.89. The Labute approximate surface area is 106 Å². The lowest BCUT2D eigenvalue weighted by molar-refractivity contribution is 0.278. The van der Waals surface area contributed by atoms with Gasteiger partial charge in [-0.3, -0.25) is 0 Å². The molecule has 0 aromatic heterocycles. The molecule has 7 heteroatoms. The zero-order valence-corrected chi connectivity index (χ0v) is 11.2. The number of halogens is 1. The van der Waals surface area contributed by atoms with Crippen LogP contribution in [-0.4, -0.2) is 45.6 Å². The van der Waals surface area contributed by atoms with Gasteiger partial charge in [0.15, 0.2) is 0 Å². The molecule has 0 fully saturated rings. The molecule has 1 aromatic carbocycles. The van der Waals surface area contributed by atoms with Gasteiger partial charge in [-0.1, -0.05) is 6.07 Å². The summed E-state index contributed by atoms with van der Waals surface area (Å²) in [5.74, 6) is -0.653. The quantitative estimate of drug-likeness (QED) is 0.776. The number of sulfonamides is 1. The number of likely N-dealkylation sites (N-methyl/N-ethyl adjacent to an activating group) is 1. The van der Waals surface area contributed by atoms with Crippen LogP contribution in [0.2, 0.25) is 0 Å². The number of nitrogens with one attached hydrogen (secondary N) is 1. The Hall–Kier alpha value is -1.02. The zero-order valence-electron chi connectivity index (χ0n) is 10.4. The molecule has 0 atom stereocenters. The highest BCUT2D eigenvalue weighted by atomic mass is 32.2. The molecule has 0 bridgehead atoms. The van der Waals surface area contributed by atoms with Crippen molar-refractivity contribution < 1.29 is 17.9 Å². The van der Waals surface area contributed by atoms with E-state index in [1.807, 2.05) is 19.0 Å². The summed E-state index contributed by atoms with van der Waals surface area (Å²) in [5, 5.41) is 9.06. The molecule has 0 heterocycles. The normalized spacial score (nSPS) is 12.1. The SMILES string of the molecule is CN(C)CCNS(=O)(=O)c1cc(F)ccc1CO. The lowest BCUT2D eigenvalue weighted by Gasteiger charge is -2.12. The second-order valence-electron chi connectivity index (χ2n) is 4.11. The Balaban J connectivity index is 2.93. The molecule has 5 nitrogen and oxygen atoms in total. The molecule has 0 radical (unpaired) electrons. The maximum Gasteiger partial charge on any atom is 0.241 e. The smallest absolute Gasteiger partial charge is 0.241 e. The van der Waals surface area contributed by atoms with E-state index < -0.39 is 22.4 Å². The molecule has 0 amide bonds. The first-order chi connectivity index (χ1) is 8.36. The Kier molecular flexibility index (Phi) is 5.21. The second-order valence-corrected chi connectivity index (χ2v) is 5.85. The summed E-state index contributed by atoms with van der Waals surface area (Å²) in [6.45, 7) is 0.296. The summed E-state index contributed by atoms with van der Waals surface area (Å²) >= 11 is 0. The van der Waals surface area contributed by atoms with Crippen LogP contribution in [0.25, 0.3) is 0 Å². The molecule has 0 aliphatic rings. The summed E-state index contributed by atoms with van der Waals surface area (Å²) in [4.78, 5) is 1.60. The van der Waals surface area contributed by atoms with E-state index in [0.29, 0.717) is 6.54 Å². The van der Waals surface area contributed by atoms with Gasteiger partial charge in [0.25, 0.3) is 0 Å². The number of aliphatic hydroxyl groups excluding tert-OH is 1. The van der Waals surface area contributed by atoms with Crippen LogP contribution < -0.4 is 4.72 Å². The Morgan fingerprint density at radius 3 is 2.61 bits per heavy atom. The van der Waals surface area contributed by atoms with Gasteiger partial charge in [0.05, 0.1) is 11.5 Å². The molecule has 0 aliphatic carbocycles. The molecule has 0 aliphatic heterocycles. The van der Waals surface area contributed by atoms with Gasteiger partial charge in [-0.05, 0) is 31.8 Å². The maximum absolute atomic E-state index is 13.1. The van der Waals surface area contributed by atoms with E-state index in [2.05, 4.69) is 4.72 Å². The van der Waals surface area contributed by atoms with Crippen LogP contribution in [0.15, 0.2) is 23.1 Å². The van der Waals surface area contributed by atoms with Gasteiger partial charge in [0.1, 0.15) is 5.82 Å². The van der Waals surface area contributed by atoms with Crippen LogP contribution in [0.1, 0.15) is 5.56 Å². The number of benzene rings is 1. The summed E-state index contributed by atoms with van der Waals surface area (Å²) in [6, 6.07) is 3.28. The van der Waals surface area contributed by atoms with Gasteiger partial charge in [-0.25, -0.2) is 17.5 Å². The molecule has 18 heavy (non-hydrogen) atoms. The average molecular weight is 276 g/mol. The third-order valence-electron chi connectivity index (χ3n) is 2.34. The third kappa shape index (κ3) is 4.02. The first kappa shape index (κ1) is 15.0. The summed E-state index contributed by atoms with van der Waals surface area (Å²) in [7, 11) is -0.168. The van der Waals surface area contributed by atoms with E-state index in [-0.39, 0.29) is 17.0 Å². The minimum atomic E-state index is -3.80. The molecule has 0 saturated heterocycles. The predicted octanol–water partition coefficient (Wildman–Crippen LogP) is 0.158. The van der Waals surface area contributed by atoms with E-state index in [1.165, 1.54) is 6.07 Å². The fraction of sp³-hybridized carbons (Fsp3) is 0.455. The van der Waals surface area contributed by atoms with Crippen molar-refractivity contribution in [2.45, 2.75) is 11.5 Å². The molecular weight excluding hydrogens is 259 g/mol. The van der Waals surface area contributed by atoms with Gasteiger partial charge in [-0.15, -0.1) is 0 Å². The third-order valence-corrected chi connectivity index (χ3v) is 3.88. The second kappa shape index (κ2) is 6.24. The van der Waals surface area contributed by atoms with E-state index in [1.54, 1.807) is 0 Å². The standard InChI is InChI=1S/C11H17FN2O3S/c1-14(2)6-5-13-18(16,17)11-7-10(12)4-3-9(11)8-15/h3-4,7,13,15H,5-6,8H2,1-2H3. The van der Waals surface area contributed by atoms with Crippen molar-refractivity contribution >= 4 is 10.0 Å². The largest absolute Gasteiger partial charge is 0.392 e. The number of hydrogen-bond donors (Lipinski definition) is 2. The van der Waals surface area contributed by atoms with Crippen LogP contribution in [0, 0.1) is 5.82 Å². The van der Waals surface area contributed by atoms with Gasteiger partial charge in [-0.2, -0.15) is 0 Å². The van der Waals surface area contributed by atoms with Gasteiger partial charge >= 0.3 is 0 Å². The highest BCUT2D eigenvalue weighted by Crippen LogP contribution is 2.17. The van der Waals surface area contributed by atoms with E-state index in [0.717, 1.165) is 12.1 Å². The number of nitrogens with zero attached hydrogens (tertiary/aromatic N) is 1. The number of hydrogen-bond acceptors (Lipinski definition) is 4. The van der Waals surface area contributed by atoms with E-state index in [4.69, 9.17) is 5.11 Å². The lowest BCUT2D eigenvalue weighted by atomic mass is 10.2. The minimum Gasteiger partial charge on any atom is -0.392 e. The molecule has 0 saturated carbocycles. The topological polar surface area (TPSA) is 69.6 Å². The van der Waals surface area contributed by atoms with Crippen LogP contribution in [0.4, 0.5) is 4.39 Å². The van der Waals surface area contributed by atoms with Gasteiger partial charge in [0, 0.05) is 13.1 Å². The highest BCUT2D eigenvalue weighted by Gasteiger charge is 2.18. The van der Waals surface area contributed by atoms with Crippen molar-refractivity contribution in [3.05, 3.63) is 29.6 Å². The predicted molar refractivity (Wildman–Crippen MR) is 66.1 cm³/mol. The highest BCUT2D eigenvalue weighted by molar-refractivity contribution is 7.89. The monoisotopic (exact) mass is 276 g/mol. The zero-order chi connectivity index (χ0) is 13.8.